The van der Waals surface area contributed by atoms with Crippen LogP contribution in [-0.4, -0.2) is 27.7 Å². The van der Waals surface area contributed by atoms with E-state index in [1.165, 1.54) is 36.8 Å². The van der Waals surface area contributed by atoms with E-state index in [-0.39, 0.29) is 5.41 Å². The van der Waals surface area contributed by atoms with Gasteiger partial charge < -0.3 is 4.74 Å². The first-order valence-electron chi connectivity index (χ1n) is 12.7. The molecule has 0 bridgehead atoms. The molecule has 0 radical (unpaired) electrons. The van der Waals surface area contributed by atoms with E-state index < -0.39 is 10.0 Å². The highest BCUT2D eigenvalue weighted by molar-refractivity contribution is 7.89. The van der Waals surface area contributed by atoms with Gasteiger partial charge in [-0.3, -0.25) is 0 Å². The Morgan fingerprint density at radius 2 is 1.56 bits per heavy atom. The van der Waals surface area contributed by atoms with Gasteiger partial charge in [-0.25, -0.2) is 13.1 Å². The van der Waals surface area contributed by atoms with Gasteiger partial charge in [0.25, 0.3) is 0 Å². The topological polar surface area (TPSA) is 55.4 Å². The number of hydrogen-bond donors (Lipinski definition) is 1. The lowest BCUT2D eigenvalue weighted by Gasteiger charge is -2.42. The number of ether oxygens (including phenoxy) is 1. The fraction of sp³-hybridized carbons (Fsp3) is 0.448. The van der Waals surface area contributed by atoms with Crippen molar-refractivity contribution >= 4 is 20.8 Å². The van der Waals surface area contributed by atoms with Crippen LogP contribution in [0.4, 0.5) is 0 Å². The summed E-state index contributed by atoms with van der Waals surface area (Å²) < 4.78 is 35.4. The zero-order valence-corrected chi connectivity index (χ0v) is 20.7. The molecule has 5 rings (SSSR count). The SMILES string of the molecule is O=S(=O)(NCC1(Cc2ccc(CCOC3CCCC3)cc2)CCC1)c1cccc2ccccc12. The van der Waals surface area contributed by atoms with Crippen LogP contribution in [0.5, 0.6) is 0 Å². The van der Waals surface area contributed by atoms with Crippen molar-refractivity contribution in [1.82, 2.24) is 4.72 Å². The van der Waals surface area contributed by atoms with Gasteiger partial charge in [-0.05, 0) is 66.5 Å². The monoisotopic (exact) mass is 477 g/mol. The van der Waals surface area contributed by atoms with Gasteiger partial charge in [0.1, 0.15) is 0 Å². The van der Waals surface area contributed by atoms with Crippen LogP contribution >= 0.6 is 0 Å². The lowest BCUT2D eigenvalue weighted by atomic mass is 9.65. The zero-order valence-electron chi connectivity index (χ0n) is 19.8. The van der Waals surface area contributed by atoms with E-state index in [4.69, 9.17) is 4.74 Å². The fourth-order valence-electron chi connectivity index (χ4n) is 5.50. The summed E-state index contributed by atoms with van der Waals surface area (Å²) in [5.74, 6) is 0. The van der Waals surface area contributed by atoms with Crippen LogP contribution in [0.2, 0.25) is 0 Å². The van der Waals surface area contributed by atoms with Gasteiger partial charge in [-0.2, -0.15) is 0 Å². The van der Waals surface area contributed by atoms with E-state index in [9.17, 15) is 8.42 Å². The summed E-state index contributed by atoms with van der Waals surface area (Å²) in [5, 5.41) is 1.71. The van der Waals surface area contributed by atoms with Crippen LogP contribution in [0.3, 0.4) is 0 Å². The lowest BCUT2D eigenvalue weighted by Crippen LogP contribution is -2.43. The van der Waals surface area contributed by atoms with Crippen molar-refractivity contribution in [3.05, 3.63) is 77.9 Å². The summed E-state index contributed by atoms with van der Waals surface area (Å²) in [6, 6.07) is 22.0. The van der Waals surface area contributed by atoms with Crippen molar-refractivity contribution in [2.75, 3.05) is 13.2 Å². The van der Waals surface area contributed by atoms with E-state index >= 15 is 0 Å². The number of benzene rings is 3. The van der Waals surface area contributed by atoms with Crippen LogP contribution in [-0.2, 0) is 27.6 Å². The molecule has 5 heteroatoms. The second-order valence-corrected chi connectivity index (χ2v) is 11.9. The Morgan fingerprint density at radius 1 is 0.853 bits per heavy atom. The van der Waals surface area contributed by atoms with E-state index in [0.29, 0.717) is 17.5 Å². The third-order valence-corrected chi connectivity index (χ3v) is 9.20. The summed E-state index contributed by atoms with van der Waals surface area (Å²) in [4.78, 5) is 0.365. The lowest BCUT2D eigenvalue weighted by molar-refractivity contribution is 0.0606. The molecule has 0 atom stereocenters. The second-order valence-electron chi connectivity index (χ2n) is 10.2. The molecular weight excluding hydrogens is 442 g/mol. The van der Waals surface area contributed by atoms with Crippen LogP contribution < -0.4 is 4.72 Å². The Hall–Kier alpha value is -2.21. The molecule has 0 heterocycles. The zero-order chi connectivity index (χ0) is 23.4. The molecule has 2 aliphatic rings. The molecule has 2 aliphatic carbocycles. The average Bonchev–Trinajstić information content (AvgIpc) is 3.35. The predicted octanol–water partition coefficient (Wildman–Crippen LogP) is 6.03. The first-order valence-corrected chi connectivity index (χ1v) is 14.2. The van der Waals surface area contributed by atoms with E-state index in [2.05, 4.69) is 29.0 Å². The quantitative estimate of drug-likeness (QED) is 0.388. The third-order valence-electron chi connectivity index (χ3n) is 7.74. The number of sulfonamides is 1. The van der Waals surface area contributed by atoms with Crippen molar-refractivity contribution in [3.63, 3.8) is 0 Å². The summed E-state index contributed by atoms with van der Waals surface area (Å²) >= 11 is 0. The predicted molar refractivity (Wildman–Crippen MR) is 137 cm³/mol. The van der Waals surface area contributed by atoms with Gasteiger partial charge in [-0.1, -0.05) is 79.9 Å². The van der Waals surface area contributed by atoms with Gasteiger partial charge in [0.05, 0.1) is 17.6 Å². The molecule has 34 heavy (non-hydrogen) atoms. The number of fused-ring (bicyclic) bond motifs is 1. The summed E-state index contributed by atoms with van der Waals surface area (Å²) in [6.45, 7) is 1.28. The number of hydrogen-bond acceptors (Lipinski definition) is 3. The molecule has 4 nitrogen and oxygen atoms in total. The van der Waals surface area contributed by atoms with Crippen molar-refractivity contribution < 1.29 is 13.2 Å². The molecule has 0 unspecified atom stereocenters. The molecule has 3 aromatic carbocycles. The molecule has 3 aromatic rings. The first-order chi connectivity index (χ1) is 16.5. The molecule has 1 N–H and O–H groups in total. The largest absolute Gasteiger partial charge is 0.378 e. The maximum absolute atomic E-state index is 13.2. The Labute approximate surface area is 203 Å². The van der Waals surface area contributed by atoms with Crippen molar-refractivity contribution in [1.29, 1.82) is 0 Å². The van der Waals surface area contributed by atoms with E-state index in [0.717, 1.165) is 49.5 Å². The smallest absolute Gasteiger partial charge is 0.241 e. The van der Waals surface area contributed by atoms with Gasteiger partial charge in [0.2, 0.25) is 10.0 Å². The summed E-state index contributed by atoms with van der Waals surface area (Å²) in [6.07, 6.45) is 10.6. The average molecular weight is 478 g/mol. The molecule has 180 valence electrons. The standard InChI is InChI=1S/C29H35NO3S/c31-34(32,28-12-5-8-25-7-1-4-11-27(25)28)30-22-29(18-6-19-29)21-24-15-13-23(14-16-24)17-20-33-26-9-2-3-10-26/h1,4-5,7-8,11-16,26,30H,2-3,6,9-10,17-22H2. The number of nitrogens with one attached hydrogen (secondary N) is 1. The van der Waals surface area contributed by atoms with Crippen LogP contribution in [0, 0.1) is 5.41 Å². The Balaban J connectivity index is 1.20. The van der Waals surface area contributed by atoms with Crippen molar-refractivity contribution in [3.8, 4) is 0 Å². The Morgan fingerprint density at radius 3 is 2.29 bits per heavy atom. The molecule has 2 fully saturated rings. The van der Waals surface area contributed by atoms with Crippen molar-refractivity contribution in [2.24, 2.45) is 5.41 Å². The molecule has 0 saturated heterocycles. The summed E-state index contributed by atoms with van der Waals surface area (Å²) in [5.41, 5.74) is 2.59. The summed E-state index contributed by atoms with van der Waals surface area (Å²) in [7, 11) is -3.58. The minimum Gasteiger partial charge on any atom is -0.378 e. The minimum absolute atomic E-state index is 0.00472. The van der Waals surface area contributed by atoms with E-state index in [1.807, 2.05) is 36.4 Å². The fourth-order valence-corrected chi connectivity index (χ4v) is 6.89. The number of rotatable bonds is 10. The van der Waals surface area contributed by atoms with Gasteiger partial charge >= 0.3 is 0 Å². The maximum Gasteiger partial charge on any atom is 0.241 e. The van der Waals surface area contributed by atoms with Gasteiger partial charge in [0, 0.05) is 11.9 Å². The molecule has 0 amide bonds. The molecule has 0 aliphatic heterocycles. The molecule has 0 aromatic heterocycles. The van der Waals surface area contributed by atoms with Crippen LogP contribution in [0.1, 0.15) is 56.1 Å². The highest BCUT2D eigenvalue weighted by Crippen LogP contribution is 2.43. The van der Waals surface area contributed by atoms with E-state index in [1.54, 1.807) is 6.07 Å². The Kier molecular flexibility index (Phi) is 7.05. The first kappa shape index (κ1) is 23.5. The van der Waals surface area contributed by atoms with Crippen molar-refractivity contribution in [2.45, 2.75) is 68.8 Å². The normalized spacial score (nSPS) is 18.2. The van der Waals surface area contributed by atoms with Gasteiger partial charge in [-0.15, -0.1) is 0 Å². The van der Waals surface area contributed by atoms with Gasteiger partial charge in [0.15, 0.2) is 0 Å². The second kappa shape index (κ2) is 10.2. The van der Waals surface area contributed by atoms with Crippen LogP contribution in [0.25, 0.3) is 10.8 Å². The Bertz CT molecular complexity index is 1200. The maximum atomic E-state index is 13.2. The molecular formula is C29H35NO3S. The minimum atomic E-state index is -3.58. The highest BCUT2D eigenvalue weighted by atomic mass is 32.2. The molecule has 2 saturated carbocycles. The third kappa shape index (κ3) is 5.37. The molecule has 0 spiro atoms. The highest BCUT2D eigenvalue weighted by Gasteiger charge is 2.38. The van der Waals surface area contributed by atoms with Crippen LogP contribution in [0.15, 0.2) is 71.6 Å².